The first-order chi connectivity index (χ1) is 7.99. The second-order valence-corrected chi connectivity index (χ2v) is 4.59. The number of amides is 1. The molecule has 2 atom stereocenters. The smallest absolute Gasteiger partial charge is 0.407 e. The Bertz CT molecular complexity index is 436. The molecule has 0 bridgehead atoms. The van der Waals surface area contributed by atoms with Crippen molar-refractivity contribution in [2.45, 2.75) is 12.2 Å². The molecule has 0 unspecified atom stereocenters. The SMILES string of the molecule is Cn1ncc(O[C@@H]2CN(C(=O)O)C[C@H]2O)c1Br. The summed E-state index contributed by atoms with van der Waals surface area (Å²) in [5.74, 6) is 0.490. The van der Waals surface area contributed by atoms with Gasteiger partial charge in [-0.05, 0) is 15.9 Å². The highest BCUT2D eigenvalue weighted by molar-refractivity contribution is 9.10. The molecule has 0 aromatic carbocycles. The molecule has 0 spiro atoms. The third-order valence-electron chi connectivity index (χ3n) is 2.62. The van der Waals surface area contributed by atoms with Gasteiger partial charge in [-0.15, -0.1) is 0 Å². The van der Waals surface area contributed by atoms with Crippen LogP contribution < -0.4 is 4.74 Å². The lowest BCUT2D eigenvalue weighted by atomic mass is 10.3. The number of aromatic nitrogens is 2. The van der Waals surface area contributed by atoms with E-state index in [1.807, 2.05) is 0 Å². The second-order valence-electron chi connectivity index (χ2n) is 3.83. The predicted octanol–water partition coefficient (Wildman–Crippen LogP) is 0.284. The van der Waals surface area contributed by atoms with E-state index in [1.54, 1.807) is 11.7 Å². The average Bonchev–Trinajstić information content (AvgIpc) is 2.77. The normalized spacial score (nSPS) is 24.1. The molecule has 1 aromatic heterocycles. The molecule has 1 amide bonds. The molecule has 1 saturated heterocycles. The van der Waals surface area contributed by atoms with Crippen LogP contribution in [0.25, 0.3) is 0 Å². The lowest BCUT2D eigenvalue weighted by Crippen LogP contribution is -2.30. The minimum Gasteiger partial charge on any atom is -0.481 e. The fourth-order valence-corrected chi connectivity index (χ4v) is 1.96. The van der Waals surface area contributed by atoms with Gasteiger partial charge in [0.25, 0.3) is 0 Å². The molecule has 17 heavy (non-hydrogen) atoms. The van der Waals surface area contributed by atoms with Gasteiger partial charge in [0.05, 0.1) is 19.3 Å². The first-order valence-electron chi connectivity index (χ1n) is 4.99. The summed E-state index contributed by atoms with van der Waals surface area (Å²) in [6, 6.07) is 0. The van der Waals surface area contributed by atoms with E-state index in [-0.39, 0.29) is 13.1 Å². The highest BCUT2D eigenvalue weighted by Crippen LogP contribution is 2.26. The third-order valence-corrected chi connectivity index (χ3v) is 3.53. The van der Waals surface area contributed by atoms with Crippen molar-refractivity contribution in [2.24, 2.45) is 7.05 Å². The number of nitrogens with zero attached hydrogens (tertiary/aromatic N) is 3. The fraction of sp³-hybridized carbons (Fsp3) is 0.556. The highest BCUT2D eigenvalue weighted by atomic mass is 79.9. The van der Waals surface area contributed by atoms with Crippen LogP contribution in [0.2, 0.25) is 0 Å². The number of halogens is 1. The minimum absolute atomic E-state index is 0.0673. The number of carbonyl (C=O) groups is 1. The van der Waals surface area contributed by atoms with Crippen LogP contribution in [0.3, 0.4) is 0 Å². The summed E-state index contributed by atoms with van der Waals surface area (Å²) >= 11 is 3.29. The molecule has 2 heterocycles. The first-order valence-corrected chi connectivity index (χ1v) is 5.78. The van der Waals surface area contributed by atoms with Crippen LogP contribution in [0.4, 0.5) is 4.79 Å². The molecule has 1 aromatic rings. The Morgan fingerprint density at radius 1 is 1.65 bits per heavy atom. The van der Waals surface area contributed by atoms with E-state index < -0.39 is 18.3 Å². The molecule has 94 valence electrons. The van der Waals surface area contributed by atoms with Crippen LogP contribution in [0.1, 0.15) is 0 Å². The summed E-state index contributed by atoms with van der Waals surface area (Å²) in [6.07, 6.45) is -0.926. The van der Waals surface area contributed by atoms with Crippen molar-refractivity contribution in [3.05, 3.63) is 10.8 Å². The van der Waals surface area contributed by atoms with Gasteiger partial charge in [-0.2, -0.15) is 5.10 Å². The maximum absolute atomic E-state index is 10.7. The molecule has 7 nitrogen and oxygen atoms in total. The van der Waals surface area contributed by atoms with E-state index in [2.05, 4.69) is 21.0 Å². The molecule has 0 aliphatic carbocycles. The topological polar surface area (TPSA) is 87.8 Å². The van der Waals surface area contributed by atoms with E-state index in [1.165, 1.54) is 6.20 Å². The quantitative estimate of drug-likeness (QED) is 0.819. The first kappa shape index (κ1) is 12.2. The summed E-state index contributed by atoms with van der Waals surface area (Å²) in [4.78, 5) is 11.9. The number of aryl methyl sites for hydroxylation is 1. The zero-order valence-corrected chi connectivity index (χ0v) is 10.7. The van der Waals surface area contributed by atoms with E-state index in [4.69, 9.17) is 9.84 Å². The van der Waals surface area contributed by atoms with E-state index in [9.17, 15) is 9.90 Å². The number of carboxylic acid groups (broad SMARTS) is 1. The van der Waals surface area contributed by atoms with Crippen LogP contribution >= 0.6 is 15.9 Å². The predicted molar refractivity (Wildman–Crippen MR) is 60.9 cm³/mol. The van der Waals surface area contributed by atoms with Crippen molar-refractivity contribution in [2.75, 3.05) is 13.1 Å². The second kappa shape index (κ2) is 4.53. The number of aliphatic hydroxyl groups is 1. The molecule has 1 aliphatic rings. The Hall–Kier alpha value is -1.28. The molecule has 8 heteroatoms. The summed E-state index contributed by atoms with van der Waals surface area (Å²) in [7, 11) is 1.74. The number of likely N-dealkylation sites (tertiary alicyclic amines) is 1. The summed E-state index contributed by atoms with van der Waals surface area (Å²) in [5.41, 5.74) is 0. The maximum Gasteiger partial charge on any atom is 0.407 e. The molecule has 2 N–H and O–H groups in total. The standard InChI is InChI=1S/C9H12BrN3O4/c1-12-8(10)6(2-11-12)17-7-4-13(9(15)16)3-5(7)14/h2,5,7,14H,3-4H2,1H3,(H,15,16)/t5-,7-/m1/s1. The highest BCUT2D eigenvalue weighted by Gasteiger charge is 2.36. The molecule has 1 aliphatic heterocycles. The lowest BCUT2D eigenvalue weighted by Gasteiger charge is -2.15. The molecule has 1 fully saturated rings. The minimum atomic E-state index is -1.06. The number of aliphatic hydroxyl groups excluding tert-OH is 1. The Balaban J connectivity index is 2.05. The molecule has 0 saturated carbocycles. The molecule has 2 rings (SSSR count). The summed E-state index contributed by atoms with van der Waals surface area (Å²) < 4.78 is 7.76. The summed E-state index contributed by atoms with van der Waals surface area (Å²) in [6.45, 7) is 0.218. The number of rotatable bonds is 2. The van der Waals surface area contributed by atoms with Crippen LogP contribution in [0.15, 0.2) is 10.8 Å². The van der Waals surface area contributed by atoms with Crippen molar-refractivity contribution in [3.8, 4) is 5.75 Å². The Kier molecular flexibility index (Phi) is 3.25. The average molecular weight is 306 g/mol. The van der Waals surface area contributed by atoms with Gasteiger partial charge in [-0.1, -0.05) is 0 Å². The Morgan fingerprint density at radius 2 is 2.35 bits per heavy atom. The monoisotopic (exact) mass is 305 g/mol. The van der Waals surface area contributed by atoms with Gasteiger partial charge in [0.1, 0.15) is 16.8 Å². The number of hydrogen-bond donors (Lipinski definition) is 2. The fourth-order valence-electron chi connectivity index (χ4n) is 1.67. The van der Waals surface area contributed by atoms with Crippen LogP contribution in [0, 0.1) is 0 Å². The van der Waals surface area contributed by atoms with Gasteiger partial charge < -0.3 is 19.8 Å². The molecular formula is C9H12BrN3O4. The number of β-amino-alcohol motifs (C(OH)–C–C–N with tert-alkyl or cyclic N) is 1. The van der Waals surface area contributed by atoms with Crippen molar-refractivity contribution in [1.82, 2.24) is 14.7 Å². The van der Waals surface area contributed by atoms with Crippen LogP contribution in [-0.4, -0.2) is 56.3 Å². The van der Waals surface area contributed by atoms with Crippen molar-refractivity contribution in [3.63, 3.8) is 0 Å². The Labute approximate surface area is 106 Å². The van der Waals surface area contributed by atoms with Crippen molar-refractivity contribution in [1.29, 1.82) is 0 Å². The van der Waals surface area contributed by atoms with Crippen molar-refractivity contribution < 1.29 is 19.7 Å². The maximum atomic E-state index is 10.7. The number of ether oxygens (including phenoxy) is 1. The van der Waals surface area contributed by atoms with Crippen molar-refractivity contribution >= 4 is 22.0 Å². The molecular weight excluding hydrogens is 294 g/mol. The molecule has 0 radical (unpaired) electrons. The van der Waals surface area contributed by atoms with Crippen LogP contribution in [-0.2, 0) is 7.05 Å². The van der Waals surface area contributed by atoms with E-state index in [0.29, 0.717) is 10.4 Å². The van der Waals surface area contributed by atoms with Gasteiger partial charge in [0.15, 0.2) is 5.75 Å². The van der Waals surface area contributed by atoms with Gasteiger partial charge in [-0.3, -0.25) is 4.68 Å². The van der Waals surface area contributed by atoms with E-state index in [0.717, 1.165) is 4.90 Å². The van der Waals surface area contributed by atoms with Gasteiger partial charge in [0.2, 0.25) is 0 Å². The lowest BCUT2D eigenvalue weighted by molar-refractivity contribution is 0.0731. The Morgan fingerprint density at radius 3 is 2.82 bits per heavy atom. The number of hydrogen-bond acceptors (Lipinski definition) is 4. The van der Waals surface area contributed by atoms with Gasteiger partial charge >= 0.3 is 6.09 Å². The zero-order valence-electron chi connectivity index (χ0n) is 9.08. The van der Waals surface area contributed by atoms with E-state index >= 15 is 0 Å². The largest absolute Gasteiger partial charge is 0.481 e. The van der Waals surface area contributed by atoms with Crippen LogP contribution in [0.5, 0.6) is 5.75 Å². The third kappa shape index (κ3) is 2.37. The summed E-state index contributed by atoms with van der Waals surface area (Å²) in [5, 5.41) is 22.5. The van der Waals surface area contributed by atoms with Gasteiger partial charge in [0, 0.05) is 7.05 Å². The van der Waals surface area contributed by atoms with Gasteiger partial charge in [-0.25, -0.2) is 4.79 Å². The zero-order chi connectivity index (χ0) is 12.6.